The summed E-state index contributed by atoms with van der Waals surface area (Å²) in [5.41, 5.74) is 6.37. The van der Waals surface area contributed by atoms with Crippen LogP contribution in [0, 0.1) is 6.92 Å². The molecule has 0 radical (unpaired) electrons. The van der Waals surface area contributed by atoms with Crippen LogP contribution in [0.3, 0.4) is 0 Å². The van der Waals surface area contributed by atoms with E-state index < -0.39 is 5.54 Å². The summed E-state index contributed by atoms with van der Waals surface area (Å²) < 4.78 is 0. The molecule has 0 aliphatic heterocycles. The summed E-state index contributed by atoms with van der Waals surface area (Å²) in [6.07, 6.45) is 2.93. The van der Waals surface area contributed by atoms with Crippen LogP contribution in [0.15, 0.2) is 18.3 Å². The molecule has 0 saturated heterocycles. The molecule has 0 saturated carbocycles. The molecule has 1 heterocycles. The first-order valence-electron chi connectivity index (χ1n) is 6.01. The van der Waals surface area contributed by atoms with Gasteiger partial charge in [0.25, 0.3) is 5.91 Å². The van der Waals surface area contributed by atoms with Crippen LogP contribution in [-0.2, 0) is 0 Å². The third kappa shape index (κ3) is 2.85. The molecular weight excluding hydrogens is 246 g/mol. The first-order chi connectivity index (χ1) is 8.46. The highest BCUT2D eigenvalue weighted by atomic mass is 32.1. The quantitative estimate of drug-likeness (QED) is 0.799. The van der Waals surface area contributed by atoms with Crippen molar-refractivity contribution in [2.45, 2.75) is 39.2 Å². The molecule has 3 N–H and O–H groups in total. The van der Waals surface area contributed by atoms with Crippen molar-refractivity contribution in [3.63, 3.8) is 0 Å². The molecule has 0 fully saturated rings. The fourth-order valence-electron chi connectivity index (χ4n) is 1.84. The van der Waals surface area contributed by atoms with Crippen molar-refractivity contribution in [3.05, 3.63) is 29.6 Å². The topological polar surface area (TPSA) is 68.0 Å². The Bertz CT molecular complexity index is 455. The molecular formula is C13H19N3OS. The Morgan fingerprint density at radius 3 is 2.56 bits per heavy atom. The molecule has 0 aliphatic rings. The highest BCUT2D eigenvalue weighted by Gasteiger charge is 2.32. The fourth-order valence-corrected chi connectivity index (χ4v) is 2.18. The summed E-state index contributed by atoms with van der Waals surface area (Å²) in [5, 5.41) is 2.92. The number of hydrogen-bond donors (Lipinski definition) is 2. The maximum Gasteiger partial charge on any atom is 0.270 e. The van der Waals surface area contributed by atoms with Crippen molar-refractivity contribution in [3.8, 4) is 0 Å². The van der Waals surface area contributed by atoms with Crippen LogP contribution in [0.25, 0.3) is 0 Å². The first-order valence-corrected chi connectivity index (χ1v) is 6.41. The number of thiocarbonyl (C=S) groups is 1. The van der Waals surface area contributed by atoms with Crippen LogP contribution >= 0.6 is 12.2 Å². The average Bonchev–Trinajstić information content (AvgIpc) is 2.36. The number of hydrogen-bond acceptors (Lipinski definition) is 3. The molecule has 1 rings (SSSR count). The number of carbonyl (C=O) groups is 1. The normalized spacial score (nSPS) is 11.1. The van der Waals surface area contributed by atoms with E-state index in [4.69, 9.17) is 18.0 Å². The van der Waals surface area contributed by atoms with Crippen molar-refractivity contribution < 1.29 is 4.79 Å². The predicted molar refractivity (Wildman–Crippen MR) is 76.5 cm³/mol. The molecule has 1 amide bonds. The van der Waals surface area contributed by atoms with E-state index in [1.54, 1.807) is 12.3 Å². The van der Waals surface area contributed by atoms with E-state index in [1.165, 1.54) is 0 Å². The summed E-state index contributed by atoms with van der Waals surface area (Å²) >= 11 is 5.07. The molecule has 1 aromatic heterocycles. The lowest BCUT2D eigenvalue weighted by molar-refractivity contribution is 0.0914. The van der Waals surface area contributed by atoms with Gasteiger partial charge in [0.1, 0.15) is 5.69 Å². The van der Waals surface area contributed by atoms with Crippen molar-refractivity contribution >= 4 is 23.1 Å². The standard InChI is InChI=1S/C13H19N3OS/c1-4-13(5-2,12(14)18)16-11(17)10-9(3)7-6-8-15-10/h6-8H,4-5H2,1-3H3,(H2,14,18)(H,16,17). The zero-order valence-corrected chi connectivity index (χ0v) is 11.8. The van der Waals surface area contributed by atoms with Gasteiger partial charge in [-0.2, -0.15) is 0 Å². The number of aromatic nitrogens is 1. The maximum atomic E-state index is 12.2. The third-order valence-electron chi connectivity index (χ3n) is 3.26. The number of amides is 1. The Labute approximate surface area is 113 Å². The number of pyridine rings is 1. The molecule has 1 aromatic rings. The van der Waals surface area contributed by atoms with Crippen LogP contribution in [0.2, 0.25) is 0 Å². The van der Waals surface area contributed by atoms with Crippen LogP contribution < -0.4 is 11.1 Å². The largest absolute Gasteiger partial charge is 0.391 e. The van der Waals surface area contributed by atoms with Crippen molar-refractivity contribution in [1.82, 2.24) is 10.3 Å². The zero-order chi connectivity index (χ0) is 13.8. The number of carbonyl (C=O) groups excluding carboxylic acids is 1. The predicted octanol–water partition coefficient (Wildman–Crippen LogP) is 1.96. The lowest BCUT2D eigenvalue weighted by Gasteiger charge is -2.31. The van der Waals surface area contributed by atoms with Crippen molar-refractivity contribution in [1.29, 1.82) is 0 Å². The van der Waals surface area contributed by atoms with Gasteiger partial charge < -0.3 is 11.1 Å². The lowest BCUT2D eigenvalue weighted by atomic mass is 9.92. The Kier molecular flexibility index (Phi) is 4.78. The lowest BCUT2D eigenvalue weighted by Crippen LogP contribution is -2.56. The molecule has 0 atom stereocenters. The van der Waals surface area contributed by atoms with E-state index in [-0.39, 0.29) is 5.91 Å². The Balaban J connectivity index is 3.00. The molecule has 4 nitrogen and oxygen atoms in total. The van der Waals surface area contributed by atoms with E-state index in [0.717, 1.165) is 5.56 Å². The number of rotatable bonds is 5. The second kappa shape index (κ2) is 5.91. The van der Waals surface area contributed by atoms with Gasteiger partial charge in [-0.15, -0.1) is 0 Å². The Hall–Kier alpha value is -1.49. The van der Waals surface area contributed by atoms with E-state index in [2.05, 4.69) is 10.3 Å². The second-order valence-corrected chi connectivity index (χ2v) is 4.72. The van der Waals surface area contributed by atoms with Gasteiger partial charge >= 0.3 is 0 Å². The van der Waals surface area contributed by atoms with E-state index in [9.17, 15) is 4.79 Å². The van der Waals surface area contributed by atoms with Crippen molar-refractivity contribution in [2.75, 3.05) is 0 Å². The van der Waals surface area contributed by atoms with Gasteiger partial charge in [-0.05, 0) is 31.4 Å². The highest BCUT2D eigenvalue weighted by molar-refractivity contribution is 7.80. The van der Waals surface area contributed by atoms with Gasteiger partial charge in [0.2, 0.25) is 0 Å². The Morgan fingerprint density at radius 1 is 1.50 bits per heavy atom. The zero-order valence-electron chi connectivity index (χ0n) is 11.0. The van der Waals surface area contributed by atoms with Gasteiger partial charge in [-0.25, -0.2) is 0 Å². The summed E-state index contributed by atoms with van der Waals surface area (Å²) in [7, 11) is 0. The van der Waals surface area contributed by atoms with E-state index in [0.29, 0.717) is 23.5 Å². The van der Waals surface area contributed by atoms with Crippen LogP contribution in [0.4, 0.5) is 0 Å². The summed E-state index contributed by atoms with van der Waals surface area (Å²) in [6, 6.07) is 3.65. The average molecular weight is 265 g/mol. The van der Waals surface area contributed by atoms with Gasteiger partial charge in [0.15, 0.2) is 0 Å². The van der Waals surface area contributed by atoms with Gasteiger partial charge in [0.05, 0.1) is 10.5 Å². The molecule has 98 valence electrons. The molecule has 0 bridgehead atoms. The summed E-state index contributed by atoms with van der Waals surface area (Å²) in [5.74, 6) is -0.232. The number of nitrogens with one attached hydrogen (secondary N) is 1. The second-order valence-electron chi connectivity index (χ2n) is 4.28. The molecule has 0 aliphatic carbocycles. The smallest absolute Gasteiger partial charge is 0.270 e. The molecule has 18 heavy (non-hydrogen) atoms. The maximum absolute atomic E-state index is 12.2. The minimum absolute atomic E-state index is 0.232. The molecule has 0 unspecified atom stereocenters. The SMILES string of the molecule is CCC(CC)(NC(=O)c1ncccc1C)C(N)=S. The van der Waals surface area contributed by atoms with Crippen LogP contribution in [-0.4, -0.2) is 21.4 Å². The molecule has 0 aromatic carbocycles. The Morgan fingerprint density at radius 2 is 2.11 bits per heavy atom. The monoisotopic (exact) mass is 265 g/mol. The first kappa shape index (κ1) is 14.6. The number of nitrogens with two attached hydrogens (primary N) is 1. The number of nitrogens with zero attached hydrogens (tertiary/aromatic N) is 1. The molecule has 0 spiro atoms. The van der Waals surface area contributed by atoms with E-state index >= 15 is 0 Å². The van der Waals surface area contributed by atoms with Crippen molar-refractivity contribution in [2.24, 2.45) is 5.73 Å². The third-order valence-corrected chi connectivity index (χ3v) is 3.65. The summed E-state index contributed by atoms with van der Waals surface area (Å²) in [4.78, 5) is 16.6. The highest BCUT2D eigenvalue weighted by Crippen LogP contribution is 2.17. The minimum Gasteiger partial charge on any atom is -0.391 e. The van der Waals surface area contributed by atoms with E-state index in [1.807, 2.05) is 26.8 Å². The molecule has 5 heteroatoms. The minimum atomic E-state index is -0.629. The fraction of sp³-hybridized carbons (Fsp3) is 0.462. The van der Waals surface area contributed by atoms with Crippen LogP contribution in [0.1, 0.15) is 42.7 Å². The van der Waals surface area contributed by atoms with Gasteiger partial charge in [0, 0.05) is 6.20 Å². The summed E-state index contributed by atoms with van der Waals surface area (Å²) in [6.45, 7) is 5.75. The van der Waals surface area contributed by atoms with Crippen LogP contribution in [0.5, 0.6) is 0 Å². The number of aryl methyl sites for hydroxylation is 1. The van der Waals surface area contributed by atoms with Gasteiger partial charge in [-0.3, -0.25) is 9.78 Å². The van der Waals surface area contributed by atoms with Gasteiger partial charge in [-0.1, -0.05) is 32.1 Å².